The lowest BCUT2D eigenvalue weighted by Gasteiger charge is -1.98. The van der Waals surface area contributed by atoms with Gasteiger partial charge in [-0.05, 0) is 20.3 Å². The van der Waals surface area contributed by atoms with Crippen molar-refractivity contribution in [1.82, 2.24) is 9.97 Å². The zero-order valence-corrected chi connectivity index (χ0v) is 13.9. The summed E-state index contributed by atoms with van der Waals surface area (Å²) in [6.45, 7) is 4.26. The first kappa shape index (κ1) is 15.5. The van der Waals surface area contributed by atoms with Crippen LogP contribution >= 0.6 is 34.4 Å². The second-order valence-corrected chi connectivity index (χ2v) is 7.19. The highest BCUT2D eigenvalue weighted by molar-refractivity contribution is 8.01. The van der Waals surface area contributed by atoms with E-state index in [0.717, 1.165) is 27.9 Å². The van der Waals surface area contributed by atoms with Crippen LogP contribution in [0.1, 0.15) is 23.2 Å². The number of thioether (sulfide) groups is 1. The summed E-state index contributed by atoms with van der Waals surface area (Å²) in [4.78, 5) is 21.4. The number of nitrogens with zero attached hydrogens (tertiary/aromatic N) is 2. The number of aromatic nitrogens is 2. The van der Waals surface area contributed by atoms with Gasteiger partial charge in [-0.3, -0.25) is 4.79 Å². The Morgan fingerprint density at radius 3 is 3.00 bits per heavy atom. The van der Waals surface area contributed by atoms with Crippen molar-refractivity contribution in [2.75, 3.05) is 12.4 Å². The Bertz CT molecular complexity index is 565. The Kier molecular flexibility index (Phi) is 6.00. The summed E-state index contributed by atoms with van der Waals surface area (Å²) >= 11 is 5.01. The Labute approximate surface area is 130 Å². The molecule has 2 rings (SSSR count). The first-order valence-electron chi connectivity index (χ1n) is 6.30. The minimum atomic E-state index is -0.213. The van der Waals surface area contributed by atoms with Gasteiger partial charge in [0.1, 0.15) is 4.34 Å². The zero-order chi connectivity index (χ0) is 14.4. The van der Waals surface area contributed by atoms with Gasteiger partial charge in [-0.15, -0.1) is 22.7 Å². The average Bonchev–Trinajstić information content (AvgIpc) is 3.00. The SMILES string of the molecule is CCOC(=O)Cc1csc(SCCc2scnc2C)n1. The maximum atomic E-state index is 11.4. The van der Waals surface area contributed by atoms with Crippen LogP contribution in [-0.2, 0) is 22.4 Å². The second-order valence-electron chi connectivity index (χ2n) is 4.05. The molecule has 0 aliphatic carbocycles. The Morgan fingerprint density at radius 1 is 1.45 bits per heavy atom. The first-order chi connectivity index (χ1) is 9.69. The summed E-state index contributed by atoms with van der Waals surface area (Å²) in [7, 11) is 0. The molecule has 0 saturated carbocycles. The van der Waals surface area contributed by atoms with Gasteiger partial charge in [0, 0.05) is 16.0 Å². The third-order valence-corrected chi connectivity index (χ3v) is 5.63. The number of esters is 1. The molecular weight excluding hydrogens is 312 g/mol. The Hall–Kier alpha value is -0.920. The van der Waals surface area contributed by atoms with Crippen molar-refractivity contribution >= 4 is 40.4 Å². The molecule has 0 atom stereocenters. The van der Waals surface area contributed by atoms with Crippen LogP contribution in [0.4, 0.5) is 0 Å². The van der Waals surface area contributed by atoms with E-state index in [1.54, 1.807) is 34.4 Å². The minimum Gasteiger partial charge on any atom is -0.466 e. The van der Waals surface area contributed by atoms with Gasteiger partial charge < -0.3 is 4.74 Å². The van der Waals surface area contributed by atoms with E-state index in [4.69, 9.17) is 4.74 Å². The predicted octanol–water partition coefficient (Wildman–Crippen LogP) is 3.35. The highest BCUT2D eigenvalue weighted by atomic mass is 32.2. The standard InChI is InChI=1S/C13H16N2O2S3/c1-3-17-12(16)6-10-7-19-13(15-10)18-5-4-11-9(2)14-8-20-11/h7-8H,3-6H2,1-2H3. The fourth-order valence-corrected chi connectivity index (χ4v) is 4.38. The molecule has 0 amide bonds. The maximum Gasteiger partial charge on any atom is 0.311 e. The number of hydrogen-bond acceptors (Lipinski definition) is 7. The highest BCUT2D eigenvalue weighted by Gasteiger charge is 2.09. The third-order valence-electron chi connectivity index (χ3n) is 2.56. The van der Waals surface area contributed by atoms with Gasteiger partial charge in [0.2, 0.25) is 0 Å². The maximum absolute atomic E-state index is 11.4. The molecule has 20 heavy (non-hydrogen) atoms. The van der Waals surface area contributed by atoms with E-state index in [1.807, 2.05) is 24.7 Å². The van der Waals surface area contributed by atoms with Crippen molar-refractivity contribution in [2.45, 2.75) is 31.0 Å². The molecule has 0 radical (unpaired) electrons. The van der Waals surface area contributed by atoms with Gasteiger partial charge in [0.15, 0.2) is 0 Å². The largest absolute Gasteiger partial charge is 0.466 e. The number of ether oxygens (including phenoxy) is 1. The van der Waals surface area contributed by atoms with E-state index < -0.39 is 0 Å². The van der Waals surface area contributed by atoms with Crippen molar-refractivity contribution in [3.8, 4) is 0 Å². The zero-order valence-electron chi connectivity index (χ0n) is 11.4. The van der Waals surface area contributed by atoms with E-state index in [1.165, 1.54) is 4.88 Å². The van der Waals surface area contributed by atoms with E-state index >= 15 is 0 Å². The minimum absolute atomic E-state index is 0.213. The lowest BCUT2D eigenvalue weighted by molar-refractivity contribution is -0.142. The smallest absolute Gasteiger partial charge is 0.311 e. The molecule has 0 N–H and O–H groups in total. The molecule has 2 heterocycles. The van der Waals surface area contributed by atoms with E-state index in [9.17, 15) is 4.79 Å². The van der Waals surface area contributed by atoms with Crippen LogP contribution in [0.5, 0.6) is 0 Å². The fourth-order valence-electron chi connectivity index (χ4n) is 1.59. The molecule has 0 aliphatic heterocycles. The monoisotopic (exact) mass is 328 g/mol. The summed E-state index contributed by atoms with van der Waals surface area (Å²) in [5.41, 5.74) is 3.80. The first-order valence-corrected chi connectivity index (χ1v) is 9.05. The Balaban J connectivity index is 1.78. The van der Waals surface area contributed by atoms with Crippen molar-refractivity contribution in [2.24, 2.45) is 0 Å². The third kappa shape index (κ3) is 4.57. The van der Waals surface area contributed by atoms with Gasteiger partial charge >= 0.3 is 5.97 Å². The molecule has 0 spiro atoms. The number of aryl methyl sites for hydroxylation is 2. The number of rotatable bonds is 7. The van der Waals surface area contributed by atoms with E-state index in [-0.39, 0.29) is 12.4 Å². The average molecular weight is 328 g/mol. The molecule has 0 fully saturated rings. The van der Waals surface area contributed by atoms with Crippen LogP contribution in [0.3, 0.4) is 0 Å². The lowest BCUT2D eigenvalue weighted by Crippen LogP contribution is -2.07. The van der Waals surface area contributed by atoms with E-state index in [0.29, 0.717) is 6.61 Å². The summed E-state index contributed by atoms with van der Waals surface area (Å²) in [6.07, 6.45) is 1.27. The van der Waals surface area contributed by atoms with Crippen molar-refractivity contribution < 1.29 is 9.53 Å². The van der Waals surface area contributed by atoms with Gasteiger partial charge in [-0.2, -0.15) is 0 Å². The second kappa shape index (κ2) is 7.75. The molecule has 0 aromatic carbocycles. The number of carbonyl (C=O) groups excluding carboxylic acids is 1. The topological polar surface area (TPSA) is 52.1 Å². The normalized spacial score (nSPS) is 10.7. The summed E-state index contributed by atoms with van der Waals surface area (Å²) in [5, 5.41) is 1.93. The van der Waals surface area contributed by atoms with Crippen LogP contribution in [-0.4, -0.2) is 28.3 Å². The Morgan fingerprint density at radius 2 is 2.30 bits per heavy atom. The molecule has 108 valence electrons. The molecule has 0 aliphatic rings. The molecule has 7 heteroatoms. The van der Waals surface area contributed by atoms with Crippen LogP contribution in [0.2, 0.25) is 0 Å². The van der Waals surface area contributed by atoms with Crippen LogP contribution in [0, 0.1) is 6.92 Å². The van der Waals surface area contributed by atoms with Gasteiger partial charge in [0.25, 0.3) is 0 Å². The number of carbonyl (C=O) groups is 1. The van der Waals surface area contributed by atoms with Crippen LogP contribution in [0.15, 0.2) is 15.2 Å². The summed E-state index contributed by atoms with van der Waals surface area (Å²) in [6, 6.07) is 0. The molecule has 2 aromatic rings. The highest BCUT2D eigenvalue weighted by Crippen LogP contribution is 2.25. The summed E-state index contributed by atoms with van der Waals surface area (Å²) in [5.74, 6) is 0.768. The molecule has 0 saturated heterocycles. The summed E-state index contributed by atoms with van der Waals surface area (Å²) < 4.78 is 5.92. The molecule has 0 unspecified atom stereocenters. The molecular formula is C13H16N2O2S3. The molecule has 2 aromatic heterocycles. The molecule has 4 nitrogen and oxygen atoms in total. The predicted molar refractivity (Wildman–Crippen MR) is 83.7 cm³/mol. The van der Waals surface area contributed by atoms with Crippen LogP contribution in [0.25, 0.3) is 0 Å². The van der Waals surface area contributed by atoms with Crippen molar-refractivity contribution in [3.05, 3.63) is 27.2 Å². The molecule has 0 bridgehead atoms. The van der Waals surface area contributed by atoms with Crippen LogP contribution < -0.4 is 0 Å². The lowest BCUT2D eigenvalue weighted by atomic mass is 10.3. The number of thiazole rings is 2. The fraction of sp³-hybridized carbons (Fsp3) is 0.462. The van der Waals surface area contributed by atoms with Crippen molar-refractivity contribution in [1.29, 1.82) is 0 Å². The van der Waals surface area contributed by atoms with Gasteiger partial charge in [-0.1, -0.05) is 11.8 Å². The van der Waals surface area contributed by atoms with Crippen molar-refractivity contribution in [3.63, 3.8) is 0 Å². The number of hydrogen-bond donors (Lipinski definition) is 0. The van der Waals surface area contributed by atoms with E-state index in [2.05, 4.69) is 9.97 Å². The van der Waals surface area contributed by atoms with Gasteiger partial charge in [-0.25, -0.2) is 9.97 Å². The van der Waals surface area contributed by atoms with Gasteiger partial charge in [0.05, 0.1) is 29.9 Å². The quantitative estimate of drug-likeness (QED) is 0.576.